The first-order chi connectivity index (χ1) is 11.3. The second-order valence-corrected chi connectivity index (χ2v) is 5.67. The summed E-state index contributed by atoms with van der Waals surface area (Å²) < 4.78 is 5.79. The third-order valence-corrected chi connectivity index (χ3v) is 4.07. The molecule has 0 unspecified atom stereocenters. The minimum Gasteiger partial charge on any atom is -0.365 e. The highest BCUT2D eigenvalue weighted by Crippen LogP contribution is 2.28. The fourth-order valence-electron chi connectivity index (χ4n) is 2.86. The fourth-order valence-corrected chi connectivity index (χ4v) is 2.86. The predicted molar refractivity (Wildman–Crippen MR) is 87.6 cm³/mol. The number of aromatic nitrogens is 1. The highest BCUT2D eigenvalue weighted by molar-refractivity contribution is 5.82. The number of carbonyl (C=O) groups excluding carboxylic acids is 1. The van der Waals surface area contributed by atoms with Crippen LogP contribution in [0.4, 0.5) is 0 Å². The molecule has 1 fully saturated rings. The van der Waals surface area contributed by atoms with Gasteiger partial charge in [-0.1, -0.05) is 36.4 Å². The third kappa shape index (κ3) is 3.75. The summed E-state index contributed by atoms with van der Waals surface area (Å²) in [5.41, 5.74) is 1.92. The molecule has 1 aliphatic heterocycles. The van der Waals surface area contributed by atoms with Crippen LogP contribution in [0.15, 0.2) is 54.7 Å². The van der Waals surface area contributed by atoms with Gasteiger partial charge in [-0.2, -0.15) is 0 Å². The Balaban J connectivity index is 1.72. The summed E-state index contributed by atoms with van der Waals surface area (Å²) >= 11 is 0. The van der Waals surface area contributed by atoms with Crippen molar-refractivity contribution in [2.75, 3.05) is 20.2 Å². The molecule has 1 aliphatic rings. The Morgan fingerprint density at radius 2 is 2.04 bits per heavy atom. The highest BCUT2D eigenvalue weighted by Gasteiger charge is 2.36. The minimum atomic E-state index is -0.514. The van der Waals surface area contributed by atoms with Crippen LogP contribution in [0.1, 0.15) is 17.3 Å². The van der Waals surface area contributed by atoms with Gasteiger partial charge < -0.3 is 10.1 Å². The number of carbonyl (C=O) groups is 1. The SMILES string of the molecule is CN1CCO[C@@H](C(=O)NCc2ccccn2)[C@@H]1c1ccccc1. The molecule has 5 heteroatoms. The quantitative estimate of drug-likeness (QED) is 0.935. The first-order valence-corrected chi connectivity index (χ1v) is 7.80. The standard InChI is InChI=1S/C18H21N3O2/c1-21-11-12-23-17(16(21)14-7-3-2-4-8-14)18(22)20-13-15-9-5-6-10-19-15/h2-10,16-17H,11-13H2,1H3,(H,20,22)/t16-,17+/m0/s1. The van der Waals surface area contributed by atoms with E-state index in [0.717, 1.165) is 17.8 Å². The van der Waals surface area contributed by atoms with Crippen LogP contribution in [-0.4, -0.2) is 42.1 Å². The monoisotopic (exact) mass is 311 g/mol. The van der Waals surface area contributed by atoms with Gasteiger partial charge >= 0.3 is 0 Å². The van der Waals surface area contributed by atoms with Crippen molar-refractivity contribution in [3.8, 4) is 0 Å². The van der Waals surface area contributed by atoms with Gasteiger partial charge in [0.2, 0.25) is 0 Å². The normalized spacial score (nSPS) is 21.8. The zero-order valence-corrected chi connectivity index (χ0v) is 13.2. The second kappa shape index (κ2) is 7.35. The smallest absolute Gasteiger partial charge is 0.251 e. The average molecular weight is 311 g/mol. The zero-order chi connectivity index (χ0) is 16.1. The molecule has 1 aromatic heterocycles. The minimum absolute atomic E-state index is 0.0753. The predicted octanol–water partition coefficient (Wildman–Crippen LogP) is 1.77. The van der Waals surface area contributed by atoms with E-state index in [4.69, 9.17) is 4.74 Å². The Labute approximate surface area is 136 Å². The van der Waals surface area contributed by atoms with E-state index < -0.39 is 6.10 Å². The second-order valence-electron chi connectivity index (χ2n) is 5.67. The number of ether oxygens (including phenoxy) is 1. The van der Waals surface area contributed by atoms with E-state index in [1.165, 1.54) is 0 Å². The molecule has 0 bridgehead atoms. The van der Waals surface area contributed by atoms with Crippen molar-refractivity contribution in [2.24, 2.45) is 0 Å². The molecule has 1 amide bonds. The van der Waals surface area contributed by atoms with Crippen LogP contribution < -0.4 is 5.32 Å². The zero-order valence-electron chi connectivity index (χ0n) is 13.2. The molecule has 5 nitrogen and oxygen atoms in total. The van der Waals surface area contributed by atoms with Crippen molar-refractivity contribution in [3.05, 3.63) is 66.0 Å². The van der Waals surface area contributed by atoms with Crippen molar-refractivity contribution in [1.29, 1.82) is 0 Å². The Morgan fingerprint density at radius 1 is 1.26 bits per heavy atom. The highest BCUT2D eigenvalue weighted by atomic mass is 16.5. The van der Waals surface area contributed by atoms with E-state index in [-0.39, 0.29) is 11.9 Å². The lowest BCUT2D eigenvalue weighted by Crippen LogP contribution is -2.50. The first-order valence-electron chi connectivity index (χ1n) is 7.80. The molecule has 1 saturated heterocycles. The molecular weight excluding hydrogens is 290 g/mol. The Kier molecular flexibility index (Phi) is 5.00. The van der Waals surface area contributed by atoms with Crippen LogP contribution in [0, 0.1) is 0 Å². The Morgan fingerprint density at radius 3 is 2.78 bits per heavy atom. The molecule has 0 saturated carbocycles. The van der Waals surface area contributed by atoms with E-state index in [1.807, 2.05) is 55.6 Å². The van der Waals surface area contributed by atoms with Gasteiger partial charge in [0, 0.05) is 12.7 Å². The summed E-state index contributed by atoms with van der Waals surface area (Å²) in [4.78, 5) is 19.0. The largest absolute Gasteiger partial charge is 0.365 e. The van der Waals surface area contributed by atoms with E-state index in [9.17, 15) is 4.79 Å². The molecule has 23 heavy (non-hydrogen) atoms. The number of hydrogen-bond acceptors (Lipinski definition) is 4. The lowest BCUT2D eigenvalue weighted by molar-refractivity contribution is -0.144. The third-order valence-electron chi connectivity index (χ3n) is 4.07. The van der Waals surface area contributed by atoms with E-state index in [2.05, 4.69) is 15.2 Å². The fraction of sp³-hybridized carbons (Fsp3) is 0.333. The van der Waals surface area contributed by atoms with Gasteiger partial charge in [-0.3, -0.25) is 14.7 Å². The molecule has 120 valence electrons. The molecule has 0 radical (unpaired) electrons. The first kappa shape index (κ1) is 15.6. The summed E-state index contributed by atoms with van der Waals surface area (Å²) in [5.74, 6) is -0.101. The number of amides is 1. The van der Waals surface area contributed by atoms with E-state index in [0.29, 0.717) is 13.2 Å². The molecular formula is C18H21N3O2. The van der Waals surface area contributed by atoms with Crippen LogP contribution in [0.2, 0.25) is 0 Å². The number of rotatable bonds is 4. The molecule has 2 aromatic rings. The van der Waals surface area contributed by atoms with Gasteiger partial charge in [-0.05, 0) is 24.7 Å². The molecule has 2 heterocycles. The summed E-state index contributed by atoms with van der Waals surface area (Å²) in [6.07, 6.45) is 1.21. The average Bonchev–Trinajstić information content (AvgIpc) is 2.61. The Hall–Kier alpha value is -2.24. The van der Waals surface area contributed by atoms with Gasteiger partial charge in [0.15, 0.2) is 6.10 Å². The van der Waals surface area contributed by atoms with Gasteiger partial charge in [-0.25, -0.2) is 0 Å². The van der Waals surface area contributed by atoms with Gasteiger partial charge in [0.1, 0.15) is 0 Å². The topological polar surface area (TPSA) is 54.5 Å². The van der Waals surface area contributed by atoms with Gasteiger partial charge in [0.05, 0.1) is 24.9 Å². The number of benzene rings is 1. The molecule has 3 rings (SSSR count). The number of morpholine rings is 1. The lowest BCUT2D eigenvalue weighted by atomic mass is 9.98. The van der Waals surface area contributed by atoms with Crippen molar-refractivity contribution in [2.45, 2.75) is 18.7 Å². The number of hydrogen-bond donors (Lipinski definition) is 1. The maximum atomic E-state index is 12.6. The van der Waals surface area contributed by atoms with Crippen LogP contribution >= 0.6 is 0 Å². The van der Waals surface area contributed by atoms with Crippen LogP contribution in [0.25, 0.3) is 0 Å². The lowest BCUT2D eigenvalue weighted by Gasteiger charge is -2.38. The number of pyridine rings is 1. The van der Waals surface area contributed by atoms with Crippen molar-refractivity contribution in [3.63, 3.8) is 0 Å². The summed E-state index contributed by atoms with van der Waals surface area (Å²) in [6.45, 7) is 1.77. The molecule has 1 N–H and O–H groups in total. The van der Waals surface area contributed by atoms with Crippen LogP contribution in [0.5, 0.6) is 0 Å². The molecule has 0 spiro atoms. The number of nitrogens with zero attached hydrogens (tertiary/aromatic N) is 2. The maximum absolute atomic E-state index is 12.6. The van der Waals surface area contributed by atoms with Crippen LogP contribution in [-0.2, 0) is 16.1 Å². The molecule has 2 atom stereocenters. The number of nitrogens with one attached hydrogen (secondary N) is 1. The van der Waals surface area contributed by atoms with Gasteiger partial charge in [-0.15, -0.1) is 0 Å². The summed E-state index contributed by atoms with van der Waals surface area (Å²) in [7, 11) is 2.03. The van der Waals surface area contributed by atoms with E-state index in [1.54, 1.807) is 6.20 Å². The van der Waals surface area contributed by atoms with Crippen molar-refractivity contribution < 1.29 is 9.53 Å². The summed E-state index contributed by atoms with van der Waals surface area (Å²) in [6, 6.07) is 15.6. The molecule has 1 aromatic carbocycles. The van der Waals surface area contributed by atoms with Gasteiger partial charge in [0.25, 0.3) is 5.91 Å². The maximum Gasteiger partial charge on any atom is 0.251 e. The van der Waals surface area contributed by atoms with Crippen molar-refractivity contribution in [1.82, 2.24) is 15.2 Å². The van der Waals surface area contributed by atoms with E-state index >= 15 is 0 Å². The Bertz CT molecular complexity index is 633. The number of likely N-dealkylation sites (N-methyl/N-ethyl adjacent to an activating group) is 1. The van der Waals surface area contributed by atoms with Crippen molar-refractivity contribution >= 4 is 5.91 Å². The van der Waals surface area contributed by atoms with Crippen LogP contribution in [0.3, 0.4) is 0 Å². The molecule has 0 aliphatic carbocycles. The summed E-state index contributed by atoms with van der Waals surface area (Å²) in [5, 5.41) is 2.94.